The van der Waals surface area contributed by atoms with Crippen LogP contribution in [0.3, 0.4) is 0 Å². The second kappa shape index (κ2) is 9.79. The van der Waals surface area contributed by atoms with Crippen molar-refractivity contribution in [2.45, 2.75) is 18.6 Å². The first-order valence-corrected chi connectivity index (χ1v) is 9.50. The average Bonchev–Trinajstić information content (AvgIpc) is 2.63. The van der Waals surface area contributed by atoms with Gasteiger partial charge in [0.1, 0.15) is 0 Å². The molecule has 1 aliphatic rings. The van der Waals surface area contributed by atoms with Gasteiger partial charge in [-0.25, -0.2) is 0 Å². The number of nitrogens with one attached hydrogen (secondary N) is 2. The molecule has 0 radical (unpaired) electrons. The molecule has 2 N–H and O–H groups in total. The van der Waals surface area contributed by atoms with E-state index in [0.29, 0.717) is 18.1 Å². The number of methoxy groups -OCH3 is 2. The molecule has 25 heavy (non-hydrogen) atoms. The van der Waals surface area contributed by atoms with Crippen LogP contribution in [0.15, 0.2) is 24.3 Å². The zero-order valence-corrected chi connectivity index (χ0v) is 15.6. The van der Waals surface area contributed by atoms with Gasteiger partial charge in [-0.3, -0.25) is 9.59 Å². The highest BCUT2D eigenvalue weighted by molar-refractivity contribution is 7.99. The van der Waals surface area contributed by atoms with E-state index in [2.05, 4.69) is 15.4 Å². The molecule has 1 fully saturated rings. The van der Waals surface area contributed by atoms with Gasteiger partial charge in [-0.2, -0.15) is 0 Å². The standard InChI is InChI=1S/C18H26N2O4S/c1-23-13-18(6-8-19-9-7-18)17(22)20-15-5-3-4-14(10-15)11-25-12-16(21)24-2/h3-5,10,19H,6-9,11-13H2,1-2H3,(H,20,22). The number of ether oxygens (including phenoxy) is 2. The number of amides is 1. The number of anilines is 1. The summed E-state index contributed by atoms with van der Waals surface area (Å²) in [6.07, 6.45) is 1.53. The van der Waals surface area contributed by atoms with Crippen molar-refractivity contribution < 1.29 is 19.1 Å². The Morgan fingerprint density at radius 1 is 1.28 bits per heavy atom. The van der Waals surface area contributed by atoms with Gasteiger partial charge in [0.25, 0.3) is 0 Å². The maximum Gasteiger partial charge on any atom is 0.315 e. The fraction of sp³-hybridized carbons (Fsp3) is 0.556. The minimum atomic E-state index is -0.477. The average molecular weight is 366 g/mol. The predicted octanol–water partition coefficient (Wildman–Crippen LogP) is 2.05. The SMILES string of the molecule is COCC1(C(=O)Nc2cccc(CSCC(=O)OC)c2)CCNCC1. The molecule has 138 valence electrons. The highest BCUT2D eigenvalue weighted by Gasteiger charge is 2.39. The number of carbonyl (C=O) groups excluding carboxylic acids is 2. The van der Waals surface area contributed by atoms with Crippen LogP contribution in [-0.2, 0) is 24.8 Å². The third-order valence-corrected chi connectivity index (χ3v) is 5.34. The summed E-state index contributed by atoms with van der Waals surface area (Å²) in [7, 11) is 3.02. The van der Waals surface area contributed by atoms with Gasteiger partial charge in [-0.15, -0.1) is 11.8 Å². The molecule has 1 amide bonds. The summed E-state index contributed by atoms with van der Waals surface area (Å²) in [4.78, 5) is 24.0. The molecule has 1 aromatic carbocycles. The Morgan fingerprint density at radius 2 is 2.04 bits per heavy atom. The predicted molar refractivity (Wildman–Crippen MR) is 99.7 cm³/mol. The quantitative estimate of drug-likeness (QED) is 0.686. The van der Waals surface area contributed by atoms with E-state index in [9.17, 15) is 9.59 Å². The van der Waals surface area contributed by atoms with Gasteiger partial charge in [-0.1, -0.05) is 12.1 Å². The van der Waals surface area contributed by atoms with Gasteiger partial charge in [-0.05, 0) is 43.6 Å². The number of carbonyl (C=O) groups is 2. The Hall–Kier alpha value is -1.57. The van der Waals surface area contributed by atoms with Gasteiger partial charge in [0.05, 0.1) is 24.9 Å². The van der Waals surface area contributed by atoms with E-state index in [-0.39, 0.29) is 11.9 Å². The maximum absolute atomic E-state index is 12.8. The molecule has 1 heterocycles. The number of benzene rings is 1. The molecule has 0 aromatic heterocycles. The molecule has 1 aliphatic heterocycles. The molecule has 0 bridgehead atoms. The molecule has 6 nitrogen and oxygen atoms in total. The molecule has 2 rings (SSSR count). The molecular weight excluding hydrogens is 340 g/mol. The van der Waals surface area contributed by atoms with Gasteiger partial charge in [0.2, 0.25) is 5.91 Å². The normalized spacial score (nSPS) is 16.2. The molecule has 0 saturated carbocycles. The Kier molecular flexibility index (Phi) is 7.74. The van der Waals surface area contributed by atoms with Crippen molar-refractivity contribution in [2.75, 3.05) is 45.0 Å². The van der Waals surface area contributed by atoms with Crippen LogP contribution in [-0.4, -0.2) is 51.5 Å². The summed E-state index contributed by atoms with van der Waals surface area (Å²) in [5.41, 5.74) is 1.35. The van der Waals surface area contributed by atoms with E-state index in [1.54, 1.807) is 7.11 Å². The van der Waals surface area contributed by atoms with Crippen molar-refractivity contribution in [1.82, 2.24) is 5.32 Å². The number of hydrogen-bond acceptors (Lipinski definition) is 6. The van der Waals surface area contributed by atoms with Crippen LogP contribution in [0.1, 0.15) is 18.4 Å². The summed E-state index contributed by atoms with van der Waals surface area (Å²) in [6.45, 7) is 2.07. The molecule has 0 unspecified atom stereocenters. The zero-order chi connectivity index (χ0) is 18.1. The van der Waals surface area contributed by atoms with Crippen LogP contribution in [0.25, 0.3) is 0 Å². The van der Waals surface area contributed by atoms with Crippen molar-refractivity contribution in [1.29, 1.82) is 0 Å². The van der Waals surface area contributed by atoms with E-state index < -0.39 is 5.41 Å². The van der Waals surface area contributed by atoms with Crippen molar-refractivity contribution in [3.63, 3.8) is 0 Å². The Balaban J connectivity index is 1.97. The number of esters is 1. The first kappa shape index (κ1) is 19.8. The van der Waals surface area contributed by atoms with E-state index in [1.165, 1.54) is 18.9 Å². The summed E-state index contributed by atoms with van der Waals surface area (Å²) < 4.78 is 9.95. The topological polar surface area (TPSA) is 76.7 Å². The summed E-state index contributed by atoms with van der Waals surface area (Å²) in [5, 5.41) is 6.33. The van der Waals surface area contributed by atoms with E-state index >= 15 is 0 Å². The fourth-order valence-electron chi connectivity index (χ4n) is 2.93. The van der Waals surface area contributed by atoms with Gasteiger partial charge in [0, 0.05) is 18.6 Å². The third-order valence-electron chi connectivity index (χ3n) is 4.36. The molecule has 0 aliphatic carbocycles. The number of hydrogen-bond donors (Lipinski definition) is 2. The summed E-state index contributed by atoms with van der Waals surface area (Å²) in [6, 6.07) is 7.72. The summed E-state index contributed by atoms with van der Waals surface area (Å²) in [5.74, 6) is 0.778. The second-order valence-electron chi connectivity index (χ2n) is 6.19. The molecule has 1 saturated heterocycles. The van der Waals surface area contributed by atoms with Gasteiger partial charge < -0.3 is 20.1 Å². The highest BCUT2D eigenvalue weighted by atomic mass is 32.2. The van der Waals surface area contributed by atoms with Crippen molar-refractivity contribution in [3.05, 3.63) is 29.8 Å². The lowest BCUT2D eigenvalue weighted by atomic mass is 9.78. The lowest BCUT2D eigenvalue weighted by Crippen LogP contribution is -2.47. The summed E-state index contributed by atoms with van der Waals surface area (Å²) >= 11 is 1.49. The Morgan fingerprint density at radius 3 is 2.72 bits per heavy atom. The van der Waals surface area contributed by atoms with E-state index in [1.807, 2.05) is 24.3 Å². The van der Waals surface area contributed by atoms with Crippen molar-refractivity contribution in [3.8, 4) is 0 Å². The zero-order valence-electron chi connectivity index (χ0n) is 14.8. The molecular formula is C18H26N2O4S. The van der Waals surface area contributed by atoms with Gasteiger partial charge in [0.15, 0.2) is 0 Å². The highest BCUT2D eigenvalue weighted by Crippen LogP contribution is 2.31. The van der Waals surface area contributed by atoms with E-state index in [0.717, 1.165) is 37.2 Å². The first-order chi connectivity index (χ1) is 12.1. The number of rotatable bonds is 8. The van der Waals surface area contributed by atoms with Crippen molar-refractivity contribution >= 4 is 29.3 Å². The molecule has 0 atom stereocenters. The maximum atomic E-state index is 12.8. The lowest BCUT2D eigenvalue weighted by Gasteiger charge is -2.35. The van der Waals surface area contributed by atoms with Crippen LogP contribution in [0.2, 0.25) is 0 Å². The van der Waals surface area contributed by atoms with Crippen molar-refractivity contribution in [2.24, 2.45) is 5.41 Å². The van der Waals surface area contributed by atoms with E-state index in [4.69, 9.17) is 4.74 Å². The molecule has 1 aromatic rings. The minimum absolute atomic E-state index is 0.00946. The monoisotopic (exact) mass is 366 g/mol. The van der Waals surface area contributed by atoms with Gasteiger partial charge >= 0.3 is 5.97 Å². The molecule has 7 heteroatoms. The molecule has 0 spiro atoms. The van der Waals surface area contributed by atoms with Crippen LogP contribution < -0.4 is 10.6 Å². The fourth-order valence-corrected chi connectivity index (χ4v) is 3.73. The number of piperidine rings is 1. The first-order valence-electron chi connectivity index (χ1n) is 8.34. The second-order valence-corrected chi connectivity index (χ2v) is 7.17. The third kappa shape index (κ3) is 5.73. The number of thioether (sulfide) groups is 1. The smallest absolute Gasteiger partial charge is 0.315 e. The largest absolute Gasteiger partial charge is 0.468 e. The Labute approximate surface area is 153 Å². The van der Waals surface area contributed by atoms with Crippen LogP contribution in [0.5, 0.6) is 0 Å². The Bertz CT molecular complexity index is 583. The van der Waals surface area contributed by atoms with Crippen LogP contribution >= 0.6 is 11.8 Å². The minimum Gasteiger partial charge on any atom is -0.468 e. The lowest BCUT2D eigenvalue weighted by molar-refractivity contribution is -0.137. The van der Waals surface area contributed by atoms with Crippen LogP contribution in [0.4, 0.5) is 5.69 Å². The van der Waals surface area contributed by atoms with Crippen LogP contribution in [0, 0.1) is 5.41 Å².